The summed E-state index contributed by atoms with van der Waals surface area (Å²) in [4.78, 5) is 30.5. The number of nitrogens with zero attached hydrogens (tertiary/aromatic N) is 3. The molecule has 126 valence electrons. The molecule has 0 aromatic carbocycles. The first-order chi connectivity index (χ1) is 10.7. The van der Waals surface area contributed by atoms with Crippen LogP contribution in [0.2, 0.25) is 0 Å². The van der Waals surface area contributed by atoms with Gasteiger partial charge >= 0.3 is 0 Å². The molecular formula is C16H29N3O2S. The predicted octanol–water partition coefficient (Wildman–Crippen LogP) is 1.29. The fraction of sp³-hybridized carbons (Fsp3) is 0.875. The largest absolute Gasteiger partial charge is 0.342 e. The molecule has 0 atom stereocenters. The zero-order valence-electron chi connectivity index (χ0n) is 13.8. The first-order valence-corrected chi connectivity index (χ1v) is 9.72. The second-order valence-corrected chi connectivity index (χ2v) is 7.44. The van der Waals surface area contributed by atoms with Gasteiger partial charge in [0, 0.05) is 51.4 Å². The summed E-state index contributed by atoms with van der Waals surface area (Å²) >= 11 is 1.82. The van der Waals surface area contributed by atoms with E-state index in [1.165, 1.54) is 6.42 Å². The molecule has 2 fully saturated rings. The number of rotatable bonds is 6. The second-order valence-electron chi connectivity index (χ2n) is 6.05. The highest BCUT2D eigenvalue weighted by Crippen LogP contribution is 2.11. The van der Waals surface area contributed by atoms with Gasteiger partial charge in [-0.2, -0.15) is 11.8 Å². The molecule has 2 saturated heterocycles. The molecule has 0 saturated carbocycles. The van der Waals surface area contributed by atoms with E-state index in [2.05, 4.69) is 11.8 Å². The minimum atomic E-state index is 0.263. The maximum Gasteiger partial charge on any atom is 0.236 e. The standard InChI is InChI=1S/C16H29N3O2S/c1-2-22-13-6-15(20)19-11-9-17(10-12-19)14-16(21)18-7-4-3-5-8-18/h2-14H2,1H3. The van der Waals surface area contributed by atoms with E-state index in [0.717, 1.165) is 63.6 Å². The van der Waals surface area contributed by atoms with Crippen molar-refractivity contribution in [1.29, 1.82) is 0 Å². The van der Waals surface area contributed by atoms with Crippen LogP contribution in [0.15, 0.2) is 0 Å². The van der Waals surface area contributed by atoms with Gasteiger partial charge in [0.05, 0.1) is 6.54 Å². The van der Waals surface area contributed by atoms with E-state index in [9.17, 15) is 9.59 Å². The van der Waals surface area contributed by atoms with Gasteiger partial charge in [0.25, 0.3) is 0 Å². The van der Waals surface area contributed by atoms with Crippen molar-refractivity contribution >= 4 is 23.6 Å². The van der Waals surface area contributed by atoms with Crippen molar-refractivity contribution in [2.24, 2.45) is 0 Å². The van der Waals surface area contributed by atoms with Crippen molar-refractivity contribution in [3.63, 3.8) is 0 Å². The summed E-state index contributed by atoms with van der Waals surface area (Å²) in [6.45, 7) is 7.67. The predicted molar refractivity (Wildman–Crippen MR) is 91.1 cm³/mol. The molecule has 2 rings (SSSR count). The Morgan fingerprint density at radius 3 is 2.14 bits per heavy atom. The molecule has 2 heterocycles. The zero-order valence-corrected chi connectivity index (χ0v) is 14.6. The molecule has 0 radical (unpaired) electrons. The third kappa shape index (κ3) is 5.47. The van der Waals surface area contributed by atoms with Crippen molar-refractivity contribution < 1.29 is 9.59 Å². The summed E-state index contributed by atoms with van der Waals surface area (Å²) < 4.78 is 0. The third-order valence-electron chi connectivity index (χ3n) is 4.46. The molecule has 2 aliphatic rings. The summed E-state index contributed by atoms with van der Waals surface area (Å²) in [6.07, 6.45) is 4.18. The van der Waals surface area contributed by atoms with Crippen LogP contribution in [0.25, 0.3) is 0 Å². The van der Waals surface area contributed by atoms with Crippen LogP contribution in [0.3, 0.4) is 0 Å². The molecule has 6 heteroatoms. The van der Waals surface area contributed by atoms with Crippen LogP contribution in [0.5, 0.6) is 0 Å². The molecule has 2 aliphatic heterocycles. The van der Waals surface area contributed by atoms with Crippen molar-refractivity contribution in [3.8, 4) is 0 Å². The van der Waals surface area contributed by atoms with Gasteiger partial charge in [-0.1, -0.05) is 6.92 Å². The number of thioether (sulfide) groups is 1. The first kappa shape index (κ1) is 17.6. The van der Waals surface area contributed by atoms with E-state index in [-0.39, 0.29) is 11.8 Å². The summed E-state index contributed by atoms with van der Waals surface area (Å²) in [5.74, 6) is 2.52. The van der Waals surface area contributed by atoms with Gasteiger partial charge in [-0.25, -0.2) is 0 Å². The molecule has 0 unspecified atom stereocenters. The Hall–Kier alpha value is -0.750. The monoisotopic (exact) mass is 327 g/mol. The minimum absolute atomic E-state index is 0.263. The van der Waals surface area contributed by atoms with Gasteiger partial charge in [0.15, 0.2) is 0 Å². The Labute approximate surface area is 138 Å². The van der Waals surface area contributed by atoms with Gasteiger partial charge in [0.1, 0.15) is 0 Å². The van der Waals surface area contributed by atoms with E-state index in [4.69, 9.17) is 0 Å². The van der Waals surface area contributed by atoms with Gasteiger partial charge in [-0.3, -0.25) is 14.5 Å². The highest BCUT2D eigenvalue weighted by atomic mass is 32.2. The highest BCUT2D eigenvalue weighted by Gasteiger charge is 2.24. The van der Waals surface area contributed by atoms with Gasteiger partial charge < -0.3 is 9.80 Å². The molecule has 0 spiro atoms. The molecule has 0 aromatic rings. The quantitative estimate of drug-likeness (QED) is 0.690. The fourth-order valence-electron chi connectivity index (χ4n) is 3.05. The molecule has 2 amide bonds. The normalized spacial score (nSPS) is 20.2. The van der Waals surface area contributed by atoms with Crippen LogP contribution in [0, 0.1) is 0 Å². The lowest BCUT2D eigenvalue weighted by atomic mass is 10.1. The van der Waals surface area contributed by atoms with Crippen LogP contribution in [0.4, 0.5) is 0 Å². The molecule has 22 heavy (non-hydrogen) atoms. The number of hydrogen-bond donors (Lipinski definition) is 0. The fourth-order valence-corrected chi connectivity index (χ4v) is 3.66. The first-order valence-electron chi connectivity index (χ1n) is 8.56. The molecule has 0 N–H and O–H groups in total. The Morgan fingerprint density at radius 1 is 0.864 bits per heavy atom. The number of amides is 2. The maximum absolute atomic E-state index is 12.3. The number of hydrogen-bond acceptors (Lipinski definition) is 4. The number of carbonyl (C=O) groups is 2. The van der Waals surface area contributed by atoms with Crippen molar-refractivity contribution in [2.75, 3.05) is 57.3 Å². The summed E-state index contributed by atoms with van der Waals surface area (Å²) in [5, 5.41) is 0. The van der Waals surface area contributed by atoms with Crippen molar-refractivity contribution in [2.45, 2.75) is 32.6 Å². The number of likely N-dealkylation sites (tertiary alicyclic amines) is 1. The van der Waals surface area contributed by atoms with Gasteiger partial charge in [-0.05, 0) is 25.0 Å². The summed E-state index contributed by atoms with van der Waals surface area (Å²) in [5.41, 5.74) is 0. The number of piperazine rings is 1. The van der Waals surface area contributed by atoms with E-state index >= 15 is 0 Å². The molecule has 0 aliphatic carbocycles. The molecule has 5 nitrogen and oxygen atoms in total. The number of carbonyl (C=O) groups excluding carboxylic acids is 2. The molecular weight excluding hydrogens is 298 g/mol. The van der Waals surface area contributed by atoms with E-state index in [0.29, 0.717) is 13.0 Å². The Morgan fingerprint density at radius 2 is 1.50 bits per heavy atom. The summed E-state index contributed by atoms with van der Waals surface area (Å²) in [7, 11) is 0. The molecule has 0 bridgehead atoms. The average Bonchev–Trinajstić information content (AvgIpc) is 2.56. The van der Waals surface area contributed by atoms with E-state index in [1.807, 2.05) is 21.6 Å². The smallest absolute Gasteiger partial charge is 0.236 e. The third-order valence-corrected chi connectivity index (χ3v) is 5.36. The minimum Gasteiger partial charge on any atom is -0.342 e. The Kier molecular flexibility index (Phi) is 7.52. The topological polar surface area (TPSA) is 43.9 Å². The lowest BCUT2D eigenvalue weighted by Crippen LogP contribution is -2.52. The lowest BCUT2D eigenvalue weighted by molar-refractivity contribution is -0.135. The van der Waals surface area contributed by atoms with Crippen LogP contribution in [-0.4, -0.2) is 83.8 Å². The summed E-state index contributed by atoms with van der Waals surface area (Å²) in [6, 6.07) is 0. The highest BCUT2D eigenvalue weighted by molar-refractivity contribution is 7.99. The van der Waals surface area contributed by atoms with Crippen LogP contribution in [0.1, 0.15) is 32.6 Å². The van der Waals surface area contributed by atoms with Crippen molar-refractivity contribution in [1.82, 2.24) is 14.7 Å². The second kappa shape index (κ2) is 9.40. The lowest BCUT2D eigenvalue weighted by Gasteiger charge is -2.36. The zero-order chi connectivity index (χ0) is 15.8. The maximum atomic E-state index is 12.3. The number of piperidine rings is 1. The van der Waals surface area contributed by atoms with E-state index < -0.39 is 0 Å². The SMILES string of the molecule is CCSCCC(=O)N1CCN(CC(=O)N2CCCCC2)CC1. The Balaban J connectivity index is 1.66. The molecule has 0 aromatic heterocycles. The van der Waals surface area contributed by atoms with Crippen LogP contribution < -0.4 is 0 Å². The Bertz CT molecular complexity index is 364. The van der Waals surface area contributed by atoms with Crippen LogP contribution >= 0.6 is 11.8 Å². The average molecular weight is 327 g/mol. The van der Waals surface area contributed by atoms with E-state index in [1.54, 1.807) is 0 Å². The van der Waals surface area contributed by atoms with Crippen molar-refractivity contribution in [3.05, 3.63) is 0 Å². The van der Waals surface area contributed by atoms with Gasteiger partial charge in [-0.15, -0.1) is 0 Å². The van der Waals surface area contributed by atoms with Crippen LogP contribution in [-0.2, 0) is 9.59 Å². The van der Waals surface area contributed by atoms with Gasteiger partial charge in [0.2, 0.25) is 11.8 Å².